The molecule has 0 aromatic heterocycles. The molecule has 1 amide bonds. The highest BCUT2D eigenvalue weighted by molar-refractivity contribution is 8.00. The van der Waals surface area contributed by atoms with Crippen molar-refractivity contribution < 1.29 is 19.6 Å². The van der Waals surface area contributed by atoms with Crippen LogP contribution in [0.3, 0.4) is 0 Å². The monoisotopic (exact) mass is 312 g/mol. The molecule has 1 N–H and O–H groups in total. The molecule has 0 radical (unpaired) electrons. The van der Waals surface area contributed by atoms with Gasteiger partial charge in [-0.15, -0.1) is 0 Å². The maximum atomic E-state index is 11.9. The molecule has 8 heteroatoms. The van der Waals surface area contributed by atoms with Crippen LogP contribution in [0.1, 0.15) is 5.56 Å². The van der Waals surface area contributed by atoms with Crippen LogP contribution in [0.5, 0.6) is 0 Å². The standard InChI is InChI=1S/C13H16N2O5S/c16-8-12-7-14(5-6-21-12)13(17)20-9-10-1-3-11(4-2-10)15(18)19/h1-4,12,16H,5-9H2. The maximum Gasteiger partial charge on any atom is 0.410 e. The number of thioether (sulfide) groups is 1. The zero-order valence-electron chi connectivity index (χ0n) is 11.3. The number of amides is 1. The first-order valence-electron chi connectivity index (χ1n) is 6.47. The second-order valence-electron chi connectivity index (χ2n) is 4.60. The van der Waals surface area contributed by atoms with Gasteiger partial charge in [0.2, 0.25) is 0 Å². The summed E-state index contributed by atoms with van der Waals surface area (Å²) in [4.78, 5) is 23.5. The van der Waals surface area contributed by atoms with Gasteiger partial charge in [-0.25, -0.2) is 4.79 Å². The molecule has 1 unspecified atom stereocenters. The number of hydrogen-bond donors (Lipinski definition) is 1. The molecule has 7 nitrogen and oxygen atoms in total. The molecule has 1 aromatic carbocycles. The number of ether oxygens (including phenoxy) is 1. The second-order valence-corrected chi connectivity index (χ2v) is 6.01. The van der Waals surface area contributed by atoms with E-state index in [1.165, 1.54) is 12.1 Å². The van der Waals surface area contributed by atoms with E-state index in [9.17, 15) is 14.9 Å². The lowest BCUT2D eigenvalue weighted by Gasteiger charge is -2.30. The van der Waals surface area contributed by atoms with Gasteiger partial charge in [0, 0.05) is 36.2 Å². The molecular weight excluding hydrogens is 296 g/mol. The molecule has 2 rings (SSSR count). The van der Waals surface area contributed by atoms with E-state index in [0.717, 1.165) is 5.75 Å². The SMILES string of the molecule is O=C(OCc1ccc([N+](=O)[O-])cc1)N1CCSC(CO)C1. The highest BCUT2D eigenvalue weighted by atomic mass is 32.2. The van der Waals surface area contributed by atoms with Crippen molar-refractivity contribution in [3.05, 3.63) is 39.9 Å². The van der Waals surface area contributed by atoms with Crippen LogP contribution in [0.4, 0.5) is 10.5 Å². The minimum absolute atomic E-state index is 0.00363. The number of rotatable bonds is 4. The molecule has 21 heavy (non-hydrogen) atoms. The third-order valence-corrected chi connectivity index (χ3v) is 4.30. The Kier molecular flexibility index (Phi) is 5.40. The van der Waals surface area contributed by atoms with E-state index in [1.54, 1.807) is 28.8 Å². The lowest BCUT2D eigenvalue weighted by atomic mass is 10.2. The summed E-state index contributed by atoms with van der Waals surface area (Å²) in [7, 11) is 0. The first-order valence-corrected chi connectivity index (χ1v) is 7.52. The molecule has 1 atom stereocenters. The minimum Gasteiger partial charge on any atom is -0.445 e. The van der Waals surface area contributed by atoms with E-state index in [4.69, 9.17) is 9.84 Å². The van der Waals surface area contributed by atoms with Crippen molar-refractivity contribution in [1.29, 1.82) is 0 Å². The van der Waals surface area contributed by atoms with Crippen molar-refractivity contribution >= 4 is 23.5 Å². The summed E-state index contributed by atoms with van der Waals surface area (Å²) in [6.07, 6.45) is -0.424. The number of nitrogens with zero attached hydrogens (tertiary/aromatic N) is 2. The smallest absolute Gasteiger partial charge is 0.410 e. The van der Waals surface area contributed by atoms with Crippen molar-refractivity contribution in [2.75, 3.05) is 25.4 Å². The summed E-state index contributed by atoms with van der Waals surface area (Å²) >= 11 is 1.64. The molecule has 0 saturated carbocycles. The molecule has 0 spiro atoms. The zero-order chi connectivity index (χ0) is 15.2. The Bertz CT molecular complexity index is 508. The quantitative estimate of drug-likeness (QED) is 0.671. The number of aliphatic hydroxyl groups excluding tert-OH is 1. The van der Waals surface area contributed by atoms with Crippen molar-refractivity contribution in [3.8, 4) is 0 Å². The van der Waals surface area contributed by atoms with Crippen LogP contribution in [0.2, 0.25) is 0 Å². The summed E-state index contributed by atoms with van der Waals surface area (Å²) in [6, 6.07) is 5.88. The maximum absolute atomic E-state index is 11.9. The van der Waals surface area contributed by atoms with E-state index >= 15 is 0 Å². The van der Waals surface area contributed by atoms with Gasteiger partial charge in [-0.1, -0.05) is 0 Å². The highest BCUT2D eigenvalue weighted by Crippen LogP contribution is 2.19. The Balaban J connectivity index is 1.84. The average Bonchev–Trinajstić information content (AvgIpc) is 2.53. The largest absolute Gasteiger partial charge is 0.445 e. The van der Waals surface area contributed by atoms with Crippen molar-refractivity contribution in [3.63, 3.8) is 0 Å². The topological polar surface area (TPSA) is 92.9 Å². The molecule has 1 fully saturated rings. The molecule has 1 aromatic rings. The van der Waals surface area contributed by atoms with Gasteiger partial charge < -0.3 is 14.7 Å². The van der Waals surface area contributed by atoms with Crippen molar-refractivity contribution in [2.24, 2.45) is 0 Å². The number of carbonyl (C=O) groups is 1. The zero-order valence-corrected chi connectivity index (χ0v) is 12.1. The second kappa shape index (κ2) is 7.28. The molecule has 1 saturated heterocycles. The molecule has 1 aliphatic heterocycles. The van der Waals surface area contributed by atoms with Crippen molar-refractivity contribution in [2.45, 2.75) is 11.9 Å². The van der Waals surface area contributed by atoms with E-state index < -0.39 is 11.0 Å². The van der Waals surface area contributed by atoms with Gasteiger partial charge in [-0.2, -0.15) is 11.8 Å². The lowest BCUT2D eigenvalue weighted by Crippen LogP contribution is -2.43. The van der Waals surface area contributed by atoms with Crippen LogP contribution in [0.15, 0.2) is 24.3 Å². The highest BCUT2D eigenvalue weighted by Gasteiger charge is 2.24. The summed E-state index contributed by atoms with van der Waals surface area (Å²) in [5, 5.41) is 19.7. The fourth-order valence-electron chi connectivity index (χ4n) is 1.95. The average molecular weight is 312 g/mol. The number of hydrogen-bond acceptors (Lipinski definition) is 6. The molecule has 0 bridgehead atoms. The van der Waals surface area contributed by atoms with Crippen molar-refractivity contribution in [1.82, 2.24) is 4.90 Å². The third-order valence-electron chi connectivity index (χ3n) is 3.11. The lowest BCUT2D eigenvalue weighted by molar-refractivity contribution is -0.384. The van der Waals surface area contributed by atoms with Crippen LogP contribution < -0.4 is 0 Å². The predicted octanol–water partition coefficient (Wildman–Crippen LogP) is 1.64. The van der Waals surface area contributed by atoms with Crippen LogP contribution in [0.25, 0.3) is 0 Å². The first kappa shape index (κ1) is 15.6. The Morgan fingerprint density at radius 3 is 2.81 bits per heavy atom. The Labute approximate surface area is 126 Å². The summed E-state index contributed by atoms with van der Waals surface area (Å²) < 4.78 is 5.19. The summed E-state index contributed by atoms with van der Waals surface area (Å²) in [5.41, 5.74) is 0.697. The Hall–Kier alpha value is -1.80. The fourth-order valence-corrected chi connectivity index (χ4v) is 3.00. The van der Waals surface area contributed by atoms with Gasteiger partial charge >= 0.3 is 6.09 Å². The molecule has 114 valence electrons. The van der Waals surface area contributed by atoms with Gasteiger partial charge in [0.15, 0.2) is 0 Å². The Morgan fingerprint density at radius 1 is 1.48 bits per heavy atom. The number of nitro benzene ring substituents is 1. The van der Waals surface area contributed by atoms with Crippen LogP contribution in [-0.2, 0) is 11.3 Å². The van der Waals surface area contributed by atoms with E-state index in [1.807, 2.05) is 0 Å². The minimum atomic E-state index is -0.476. The molecular formula is C13H16N2O5S. The van der Waals surface area contributed by atoms with Gasteiger partial charge in [0.1, 0.15) is 6.61 Å². The van der Waals surface area contributed by atoms with Gasteiger partial charge in [-0.05, 0) is 17.7 Å². The van der Waals surface area contributed by atoms with Crippen LogP contribution in [-0.4, -0.2) is 51.7 Å². The fraction of sp³-hybridized carbons (Fsp3) is 0.462. The van der Waals surface area contributed by atoms with Crippen LogP contribution >= 0.6 is 11.8 Å². The van der Waals surface area contributed by atoms with E-state index in [-0.39, 0.29) is 24.2 Å². The van der Waals surface area contributed by atoms with Gasteiger partial charge in [0.25, 0.3) is 5.69 Å². The number of carbonyl (C=O) groups excluding carboxylic acids is 1. The first-order chi connectivity index (χ1) is 10.1. The summed E-state index contributed by atoms with van der Waals surface area (Å²) in [5.74, 6) is 0.776. The van der Waals surface area contributed by atoms with E-state index in [2.05, 4.69) is 0 Å². The predicted molar refractivity (Wildman–Crippen MR) is 78.2 cm³/mol. The molecule has 0 aliphatic carbocycles. The van der Waals surface area contributed by atoms with Gasteiger partial charge in [-0.3, -0.25) is 10.1 Å². The molecule has 1 aliphatic rings. The number of nitro groups is 1. The normalized spacial score (nSPS) is 18.3. The third kappa shape index (κ3) is 4.33. The molecule has 1 heterocycles. The van der Waals surface area contributed by atoms with E-state index in [0.29, 0.717) is 18.7 Å². The number of non-ortho nitro benzene ring substituents is 1. The number of aliphatic hydroxyl groups is 1. The Morgan fingerprint density at radius 2 is 2.19 bits per heavy atom. The number of benzene rings is 1. The van der Waals surface area contributed by atoms with Crippen LogP contribution in [0, 0.1) is 10.1 Å². The summed E-state index contributed by atoms with van der Waals surface area (Å²) in [6.45, 7) is 1.18. The van der Waals surface area contributed by atoms with Gasteiger partial charge in [0.05, 0.1) is 11.5 Å².